The second-order valence-electron chi connectivity index (χ2n) is 6.94. The van der Waals surface area contributed by atoms with Crippen LogP contribution in [-0.4, -0.2) is 35.6 Å². The van der Waals surface area contributed by atoms with Crippen molar-refractivity contribution in [3.05, 3.63) is 43.8 Å². The van der Waals surface area contributed by atoms with E-state index in [4.69, 9.17) is 19.9 Å². The van der Waals surface area contributed by atoms with Crippen molar-refractivity contribution in [1.29, 1.82) is 0 Å². The lowest BCUT2D eigenvalue weighted by atomic mass is 10.1. The molecule has 1 aliphatic carbocycles. The smallest absolute Gasteiger partial charge is 0.346 e. The zero-order chi connectivity index (χ0) is 22.3. The standard InChI is InChI=1S/C19H17N3O8S/c1-8(17(24)21-18-15(16(20)23)9-3-2-4-14(9)31-18)30-19(25)10-5-12-13(29-7-28-12)6-11(10)22(26)27/h5-6,8H,2-4,7H2,1H3,(H2,20,23)(H,21,24)/t8-/m0/s1. The Bertz CT molecular complexity index is 1130. The number of nitrogens with two attached hydrogens (primary N) is 1. The molecule has 11 nitrogen and oxygen atoms in total. The molecule has 1 atom stereocenters. The van der Waals surface area contributed by atoms with E-state index in [0.717, 1.165) is 35.4 Å². The number of carbonyl (C=O) groups is 3. The summed E-state index contributed by atoms with van der Waals surface area (Å²) in [6.07, 6.45) is 1.13. The molecule has 162 valence electrons. The van der Waals surface area contributed by atoms with Crippen molar-refractivity contribution < 1.29 is 33.5 Å². The number of hydrogen-bond donors (Lipinski definition) is 2. The Balaban J connectivity index is 1.51. The third-order valence-electron chi connectivity index (χ3n) is 4.96. The molecular weight excluding hydrogens is 430 g/mol. The largest absolute Gasteiger partial charge is 0.454 e. The first-order valence-corrected chi connectivity index (χ1v) is 10.1. The number of esters is 1. The summed E-state index contributed by atoms with van der Waals surface area (Å²) in [6.45, 7) is 1.19. The van der Waals surface area contributed by atoms with Crippen molar-refractivity contribution >= 4 is 39.8 Å². The third kappa shape index (κ3) is 3.77. The quantitative estimate of drug-likeness (QED) is 0.387. The number of anilines is 1. The highest BCUT2D eigenvalue weighted by atomic mass is 32.1. The van der Waals surface area contributed by atoms with E-state index < -0.39 is 34.5 Å². The van der Waals surface area contributed by atoms with Crippen molar-refractivity contribution in [3.63, 3.8) is 0 Å². The van der Waals surface area contributed by atoms with Gasteiger partial charge in [-0.05, 0) is 31.7 Å². The topological polar surface area (TPSA) is 160 Å². The molecule has 1 aromatic carbocycles. The van der Waals surface area contributed by atoms with E-state index in [1.165, 1.54) is 18.3 Å². The fourth-order valence-corrected chi connectivity index (χ4v) is 4.79. The molecule has 0 radical (unpaired) electrons. The number of primary amides is 1. The predicted octanol–water partition coefficient (Wildman–Crippen LogP) is 2.16. The summed E-state index contributed by atoms with van der Waals surface area (Å²) in [6, 6.07) is 2.21. The Kier molecular flexibility index (Phi) is 5.23. The summed E-state index contributed by atoms with van der Waals surface area (Å²) < 4.78 is 15.4. The Labute approximate surface area is 179 Å². The molecule has 2 amide bonds. The van der Waals surface area contributed by atoms with Crippen LogP contribution in [0.3, 0.4) is 0 Å². The Morgan fingerprint density at radius 2 is 1.97 bits per heavy atom. The average molecular weight is 447 g/mol. The summed E-state index contributed by atoms with van der Waals surface area (Å²) in [4.78, 5) is 48.6. The number of benzene rings is 1. The van der Waals surface area contributed by atoms with E-state index >= 15 is 0 Å². The van der Waals surface area contributed by atoms with E-state index in [2.05, 4.69) is 5.32 Å². The number of ether oxygens (including phenoxy) is 3. The molecule has 2 aliphatic rings. The number of nitro benzene ring substituents is 1. The van der Waals surface area contributed by atoms with Gasteiger partial charge in [-0.1, -0.05) is 0 Å². The molecule has 0 fully saturated rings. The third-order valence-corrected chi connectivity index (χ3v) is 6.17. The molecule has 1 aliphatic heterocycles. The first-order valence-electron chi connectivity index (χ1n) is 9.30. The molecule has 31 heavy (non-hydrogen) atoms. The lowest BCUT2D eigenvalue weighted by Crippen LogP contribution is -2.30. The van der Waals surface area contributed by atoms with Crippen LogP contribution < -0.4 is 20.5 Å². The van der Waals surface area contributed by atoms with Crippen LogP contribution in [0.15, 0.2) is 12.1 Å². The summed E-state index contributed by atoms with van der Waals surface area (Å²) in [7, 11) is 0. The molecule has 0 spiro atoms. The second-order valence-corrected chi connectivity index (χ2v) is 8.05. The van der Waals surface area contributed by atoms with Gasteiger partial charge < -0.3 is 25.3 Å². The van der Waals surface area contributed by atoms with Crippen LogP contribution in [0.1, 0.15) is 44.5 Å². The molecule has 4 rings (SSSR count). The molecular formula is C19H17N3O8S. The van der Waals surface area contributed by atoms with Crippen molar-refractivity contribution in [1.82, 2.24) is 0 Å². The summed E-state index contributed by atoms with van der Waals surface area (Å²) >= 11 is 1.26. The van der Waals surface area contributed by atoms with Gasteiger partial charge in [-0.25, -0.2) is 4.79 Å². The Morgan fingerprint density at radius 3 is 2.65 bits per heavy atom. The van der Waals surface area contributed by atoms with Crippen molar-refractivity contribution in [2.75, 3.05) is 12.1 Å². The van der Waals surface area contributed by atoms with E-state index in [9.17, 15) is 24.5 Å². The van der Waals surface area contributed by atoms with Crippen LogP contribution in [0.25, 0.3) is 0 Å². The molecule has 1 aromatic heterocycles. The monoisotopic (exact) mass is 447 g/mol. The zero-order valence-electron chi connectivity index (χ0n) is 16.3. The van der Waals surface area contributed by atoms with Crippen LogP contribution >= 0.6 is 11.3 Å². The Morgan fingerprint density at radius 1 is 1.26 bits per heavy atom. The Hall–Kier alpha value is -3.67. The number of aryl methyl sites for hydroxylation is 1. The van der Waals surface area contributed by atoms with Crippen LogP contribution in [0, 0.1) is 10.1 Å². The first-order chi connectivity index (χ1) is 14.8. The maximum Gasteiger partial charge on any atom is 0.346 e. The molecule has 2 heterocycles. The summed E-state index contributed by atoms with van der Waals surface area (Å²) in [5, 5.41) is 14.2. The van der Waals surface area contributed by atoms with Crippen LogP contribution in [0.4, 0.5) is 10.7 Å². The number of thiophene rings is 1. The zero-order valence-corrected chi connectivity index (χ0v) is 17.1. The van der Waals surface area contributed by atoms with Gasteiger partial charge in [-0.15, -0.1) is 11.3 Å². The maximum absolute atomic E-state index is 12.6. The first kappa shape index (κ1) is 20.6. The lowest BCUT2D eigenvalue weighted by molar-refractivity contribution is -0.385. The van der Waals surface area contributed by atoms with E-state index in [-0.39, 0.29) is 29.4 Å². The van der Waals surface area contributed by atoms with Gasteiger partial charge in [-0.3, -0.25) is 19.7 Å². The highest BCUT2D eigenvalue weighted by Gasteiger charge is 2.31. The van der Waals surface area contributed by atoms with Crippen LogP contribution in [0.5, 0.6) is 11.5 Å². The fourth-order valence-electron chi connectivity index (χ4n) is 3.49. The van der Waals surface area contributed by atoms with E-state index in [0.29, 0.717) is 11.4 Å². The predicted molar refractivity (Wildman–Crippen MR) is 108 cm³/mol. The second kappa shape index (κ2) is 7.87. The van der Waals surface area contributed by atoms with Gasteiger partial charge in [-0.2, -0.15) is 0 Å². The molecule has 0 unspecified atom stereocenters. The molecule has 3 N–H and O–H groups in total. The molecule has 0 saturated heterocycles. The minimum absolute atomic E-state index is 0.128. The minimum Gasteiger partial charge on any atom is -0.454 e. The highest BCUT2D eigenvalue weighted by molar-refractivity contribution is 7.17. The summed E-state index contributed by atoms with van der Waals surface area (Å²) in [5.41, 5.74) is 5.68. The molecule has 0 bridgehead atoms. The molecule has 0 saturated carbocycles. The number of fused-ring (bicyclic) bond motifs is 2. The number of carbonyl (C=O) groups excluding carboxylic acids is 3. The highest BCUT2D eigenvalue weighted by Crippen LogP contribution is 2.40. The molecule has 12 heteroatoms. The van der Waals surface area contributed by atoms with Gasteiger partial charge in [0.05, 0.1) is 16.6 Å². The fraction of sp³-hybridized carbons (Fsp3) is 0.316. The number of nitro groups is 1. The number of nitrogens with one attached hydrogen (secondary N) is 1. The number of rotatable bonds is 6. The van der Waals surface area contributed by atoms with Crippen molar-refractivity contribution in [2.24, 2.45) is 5.73 Å². The maximum atomic E-state index is 12.6. The number of amides is 2. The van der Waals surface area contributed by atoms with Gasteiger partial charge in [0.25, 0.3) is 17.5 Å². The number of hydrogen-bond acceptors (Lipinski definition) is 9. The van der Waals surface area contributed by atoms with Gasteiger partial charge in [0.15, 0.2) is 17.6 Å². The average Bonchev–Trinajstić information content (AvgIpc) is 3.41. The van der Waals surface area contributed by atoms with Gasteiger partial charge in [0.2, 0.25) is 6.79 Å². The van der Waals surface area contributed by atoms with Gasteiger partial charge in [0, 0.05) is 10.9 Å². The minimum atomic E-state index is -1.30. The summed E-state index contributed by atoms with van der Waals surface area (Å²) in [5.74, 6) is -2.11. The van der Waals surface area contributed by atoms with Crippen LogP contribution in [-0.2, 0) is 22.4 Å². The number of nitrogens with zero attached hydrogens (tertiary/aromatic N) is 1. The van der Waals surface area contributed by atoms with E-state index in [1.54, 1.807) is 0 Å². The van der Waals surface area contributed by atoms with Crippen LogP contribution in [0.2, 0.25) is 0 Å². The van der Waals surface area contributed by atoms with Gasteiger partial charge >= 0.3 is 5.97 Å². The normalized spacial score (nSPS) is 14.6. The molecule has 2 aromatic rings. The van der Waals surface area contributed by atoms with Crippen molar-refractivity contribution in [3.8, 4) is 11.5 Å². The lowest BCUT2D eigenvalue weighted by Gasteiger charge is -2.14. The SMILES string of the molecule is C[C@H](OC(=O)c1cc2c(cc1[N+](=O)[O-])OCO2)C(=O)Nc1sc2c(c1C(N)=O)CCC2. The van der Waals surface area contributed by atoms with Gasteiger partial charge in [0.1, 0.15) is 10.6 Å². The van der Waals surface area contributed by atoms with E-state index in [1.807, 2.05) is 0 Å². The van der Waals surface area contributed by atoms with Crippen molar-refractivity contribution in [2.45, 2.75) is 32.3 Å².